The monoisotopic (exact) mass is 386 g/mol. The van der Waals surface area contributed by atoms with Crippen molar-refractivity contribution in [1.82, 2.24) is 19.5 Å². The van der Waals surface area contributed by atoms with E-state index < -0.39 is 0 Å². The number of imidazole rings is 1. The average Bonchev–Trinajstić information content (AvgIpc) is 3.21. The molecule has 0 spiro atoms. The van der Waals surface area contributed by atoms with Crippen molar-refractivity contribution in [2.75, 3.05) is 7.11 Å². The summed E-state index contributed by atoms with van der Waals surface area (Å²) in [6, 6.07) is 15.5. The van der Waals surface area contributed by atoms with Crippen LogP contribution in [0.2, 0.25) is 0 Å². The number of aromatic nitrogens is 4. The Kier molecular flexibility index (Phi) is 5.24. The molecule has 0 fully saturated rings. The Morgan fingerprint density at radius 3 is 2.59 bits per heavy atom. The molecule has 0 saturated carbocycles. The third-order valence-electron chi connectivity index (χ3n) is 4.89. The largest absolute Gasteiger partial charge is 0.504 e. The Morgan fingerprint density at radius 1 is 1.03 bits per heavy atom. The van der Waals surface area contributed by atoms with E-state index >= 15 is 0 Å². The molecule has 0 radical (unpaired) electrons. The molecule has 1 N–H and O–H groups in total. The van der Waals surface area contributed by atoms with Crippen LogP contribution in [0.1, 0.15) is 18.7 Å². The van der Waals surface area contributed by atoms with E-state index in [1.165, 1.54) is 0 Å². The minimum atomic E-state index is 0.103. The first kappa shape index (κ1) is 18.7. The molecular weight excluding hydrogens is 364 g/mol. The maximum absolute atomic E-state index is 10.0. The van der Waals surface area contributed by atoms with Gasteiger partial charge in [0.15, 0.2) is 11.5 Å². The maximum Gasteiger partial charge on any atom is 0.161 e. The van der Waals surface area contributed by atoms with Crippen molar-refractivity contribution in [3.8, 4) is 34.0 Å². The van der Waals surface area contributed by atoms with Crippen molar-refractivity contribution in [3.63, 3.8) is 0 Å². The molecule has 6 nitrogen and oxygen atoms in total. The van der Waals surface area contributed by atoms with Crippen molar-refractivity contribution in [2.24, 2.45) is 0 Å². The lowest BCUT2D eigenvalue weighted by Gasteiger charge is -2.18. The number of benzene rings is 2. The van der Waals surface area contributed by atoms with Crippen LogP contribution < -0.4 is 4.74 Å². The van der Waals surface area contributed by atoms with Crippen molar-refractivity contribution in [3.05, 3.63) is 79.1 Å². The number of phenolic OH excluding ortho intramolecular Hbond substituents is 1. The molecule has 2 aromatic carbocycles. The molecule has 0 aliphatic heterocycles. The molecule has 0 saturated heterocycles. The van der Waals surface area contributed by atoms with Crippen LogP contribution in [0.15, 0.2) is 73.4 Å². The summed E-state index contributed by atoms with van der Waals surface area (Å²) < 4.78 is 7.47. The summed E-state index contributed by atoms with van der Waals surface area (Å²) in [5, 5.41) is 10.0. The Hall–Kier alpha value is -3.67. The summed E-state index contributed by atoms with van der Waals surface area (Å²) in [5.74, 6) is 0.534. The predicted octanol–water partition coefficient (Wildman–Crippen LogP) is 4.53. The Balaban J connectivity index is 1.83. The van der Waals surface area contributed by atoms with Gasteiger partial charge in [0.1, 0.15) is 0 Å². The molecule has 0 aliphatic rings. The van der Waals surface area contributed by atoms with Gasteiger partial charge >= 0.3 is 0 Å². The lowest BCUT2D eigenvalue weighted by atomic mass is 10.0. The topological polar surface area (TPSA) is 73.1 Å². The standard InChI is InChI=1S/C23H22N4O2/c1-16(12-19-14-24-10-11-25-19)27-15-26-22(17-6-4-3-5-7-17)23(27)18-8-9-20(28)21(13-18)29-2/h3-11,13-16,28H,12H2,1-2H3. The van der Waals surface area contributed by atoms with Gasteiger partial charge in [-0.3, -0.25) is 9.97 Å². The molecule has 2 heterocycles. The summed E-state index contributed by atoms with van der Waals surface area (Å²) in [7, 11) is 1.55. The molecule has 29 heavy (non-hydrogen) atoms. The van der Waals surface area contributed by atoms with E-state index in [0.29, 0.717) is 5.75 Å². The molecule has 0 bridgehead atoms. The smallest absolute Gasteiger partial charge is 0.161 e. The number of nitrogens with zero attached hydrogens (tertiary/aromatic N) is 4. The Bertz CT molecular complexity index is 1090. The van der Waals surface area contributed by atoms with Gasteiger partial charge in [-0.15, -0.1) is 0 Å². The molecule has 6 heteroatoms. The second kappa shape index (κ2) is 8.14. The summed E-state index contributed by atoms with van der Waals surface area (Å²) >= 11 is 0. The van der Waals surface area contributed by atoms with Crippen LogP contribution in [0, 0.1) is 0 Å². The van der Waals surface area contributed by atoms with E-state index in [9.17, 15) is 5.11 Å². The van der Waals surface area contributed by atoms with Gasteiger partial charge in [-0.1, -0.05) is 30.3 Å². The normalized spacial score (nSPS) is 11.9. The summed E-state index contributed by atoms with van der Waals surface area (Å²) in [6.45, 7) is 2.13. The summed E-state index contributed by atoms with van der Waals surface area (Å²) in [4.78, 5) is 13.3. The molecule has 4 rings (SSSR count). The highest BCUT2D eigenvalue weighted by molar-refractivity contribution is 5.79. The number of rotatable bonds is 6. The predicted molar refractivity (Wildman–Crippen MR) is 112 cm³/mol. The van der Waals surface area contributed by atoms with Crippen LogP contribution in [0.25, 0.3) is 22.5 Å². The number of methoxy groups -OCH3 is 1. The third-order valence-corrected chi connectivity index (χ3v) is 4.89. The van der Waals surface area contributed by atoms with E-state index in [2.05, 4.69) is 21.5 Å². The SMILES string of the molecule is COc1cc(-c2c(-c3ccccc3)ncn2C(C)Cc2cnccn2)ccc1O. The van der Waals surface area contributed by atoms with E-state index in [1.807, 2.05) is 48.8 Å². The quantitative estimate of drug-likeness (QED) is 0.527. The Morgan fingerprint density at radius 2 is 1.86 bits per heavy atom. The molecule has 4 aromatic rings. The number of aromatic hydroxyl groups is 1. The number of phenols is 1. The van der Waals surface area contributed by atoms with Crippen LogP contribution in [-0.2, 0) is 6.42 Å². The highest BCUT2D eigenvalue weighted by Crippen LogP contribution is 2.37. The first-order valence-corrected chi connectivity index (χ1v) is 9.42. The lowest BCUT2D eigenvalue weighted by Crippen LogP contribution is -2.10. The van der Waals surface area contributed by atoms with Crippen LogP contribution in [0.3, 0.4) is 0 Å². The third kappa shape index (κ3) is 3.82. The van der Waals surface area contributed by atoms with E-state index in [-0.39, 0.29) is 11.8 Å². The van der Waals surface area contributed by atoms with Gasteiger partial charge in [0.05, 0.1) is 30.5 Å². The highest BCUT2D eigenvalue weighted by Gasteiger charge is 2.20. The number of ether oxygens (including phenoxy) is 1. The first-order chi connectivity index (χ1) is 14.2. The second-order valence-corrected chi connectivity index (χ2v) is 6.85. The molecule has 146 valence electrons. The molecule has 2 aromatic heterocycles. The zero-order chi connectivity index (χ0) is 20.2. The van der Waals surface area contributed by atoms with Gasteiger partial charge in [-0.25, -0.2) is 4.98 Å². The van der Waals surface area contributed by atoms with Gasteiger partial charge in [0, 0.05) is 42.2 Å². The molecule has 0 amide bonds. The molecule has 0 aliphatic carbocycles. The molecule has 1 atom stereocenters. The van der Waals surface area contributed by atoms with Crippen molar-refractivity contribution in [1.29, 1.82) is 0 Å². The molecule has 1 unspecified atom stereocenters. The minimum Gasteiger partial charge on any atom is -0.504 e. The lowest BCUT2D eigenvalue weighted by molar-refractivity contribution is 0.373. The van der Waals surface area contributed by atoms with Crippen LogP contribution >= 0.6 is 0 Å². The van der Waals surface area contributed by atoms with Crippen LogP contribution in [0.4, 0.5) is 0 Å². The molecular formula is C23H22N4O2. The van der Waals surface area contributed by atoms with Crippen LogP contribution in [-0.4, -0.2) is 31.7 Å². The highest BCUT2D eigenvalue weighted by atomic mass is 16.5. The van der Waals surface area contributed by atoms with Gasteiger partial charge in [0.25, 0.3) is 0 Å². The van der Waals surface area contributed by atoms with Gasteiger partial charge in [-0.2, -0.15) is 0 Å². The van der Waals surface area contributed by atoms with Gasteiger partial charge < -0.3 is 14.4 Å². The minimum absolute atomic E-state index is 0.103. The fraction of sp³-hybridized carbons (Fsp3) is 0.174. The number of hydrogen-bond donors (Lipinski definition) is 1. The van der Waals surface area contributed by atoms with E-state index in [1.54, 1.807) is 31.8 Å². The van der Waals surface area contributed by atoms with Gasteiger partial charge in [0.2, 0.25) is 0 Å². The van der Waals surface area contributed by atoms with Gasteiger partial charge in [-0.05, 0) is 25.1 Å². The fourth-order valence-electron chi connectivity index (χ4n) is 3.45. The van der Waals surface area contributed by atoms with Crippen LogP contribution in [0.5, 0.6) is 11.5 Å². The van der Waals surface area contributed by atoms with E-state index in [4.69, 9.17) is 9.72 Å². The summed E-state index contributed by atoms with van der Waals surface area (Å²) in [5.41, 5.74) is 4.71. The first-order valence-electron chi connectivity index (χ1n) is 9.42. The zero-order valence-corrected chi connectivity index (χ0v) is 16.4. The number of hydrogen-bond acceptors (Lipinski definition) is 5. The van der Waals surface area contributed by atoms with Crippen molar-refractivity contribution in [2.45, 2.75) is 19.4 Å². The Labute approximate surface area is 169 Å². The van der Waals surface area contributed by atoms with E-state index in [0.717, 1.165) is 34.6 Å². The van der Waals surface area contributed by atoms with Crippen molar-refractivity contribution >= 4 is 0 Å². The average molecular weight is 386 g/mol. The zero-order valence-electron chi connectivity index (χ0n) is 16.4. The fourth-order valence-corrected chi connectivity index (χ4v) is 3.45. The second-order valence-electron chi connectivity index (χ2n) is 6.85. The van der Waals surface area contributed by atoms with Crippen molar-refractivity contribution < 1.29 is 9.84 Å². The maximum atomic E-state index is 10.0. The summed E-state index contributed by atoms with van der Waals surface area (Å²) in [6.07, 6.45) is 7.75.